The number of anilines is 1. The Morgan fingerprint density at radius 2 is 1.23 bits per heavy atom. The number of pyridine rings is 1. The first-order valence-electron chi connectivity index (χ1n) is 24.2. The highest BCUT2D eigenvalue weighted by molar-refractivity contribution is 7.98. The molecule has 4 aromatic rings. The fraction of sp³-hybridized carbons (Fsp3) is 0.423. The minimum Gasteiger partial charge on any atom is -0.490 e. The Labute approximate surface area is 463 Å². The summed E-state index contributed by atoms with van der Waals surface area (Å²) in [5.74, 6) is -5.94. The third-order valence-corrected chi connectivity index (χ3v) is 11.7. The van der Waals surface area contributed by atoms with Crippen LogP contribution in [0.4, 0.5) is 15.4 Å². The van der Waals surface area contributed by atoms with Crippen molar-refractivity contribution in [2.24, 2.45) is 0 Å². The molecular formula is C52H60ClN9O16S. The molecule has 79 heavy (non-hydrogen) atoms. The molecule has 4 amide bonds. The van der Waals surface area contributed by atoms with Gasteiger partial charge in [0.1, 0.15) is 89.1 Å². The van der Waals surface area contributed by atoms with Gasteiger partial charge in [-0.1, -0.05) is 35.5 Å². The highest BCUT2D eigenvalue weighted by atomic mass is 35.5. The molecule has 0 radical (unpaired) electrons. The number of carboxylic acids is 2. The van der Waals surface area contributed by atoms with Crippen molar-refractivity contribution in [1.29, 1.82) is 10.5 Å². The third kappa shape index (κ3) is 20.7. The maximum atomic E-state index is 13.4. The number of nitrogen functional groups attached to an aromatic ring is 1. The monoisotopic (exact) mass is 1130 g/mol. The number of carbonyl (C=O) groups excluding carboxylic acids is 6. The number of rotatable bonds is 25. The number of oxazole rings is 1. The van der Waals surface area contributed by atoms with Crippen molar-refractivity contribution < 1.29 is 76.7 Å². The number of esters is 2. The maximum Gasteiger partial charge on any atom is 0.408 e. The summed E-state index contributed by atoms with van der Waals surface area (Å²) in [6.45, 7) is 10.8. The smallest absolute Gasteiger partial charge is 0.408 e. The molecule has 0 saturated carbocycles. The Bertz CT molecular complexity index is 2950. The highest BCUT2D eigenvalue weighted by Crippen LogP contribution is 2.37. The van der Waals surface area contributed by atoms with Crippen LogP contribution in [0.25, 0.3) is 22.6 Å². The molecule has 8 N–H and O–H groups in total. The van der Waals surface area contributed by atoms with Gasteiger partial charge in [-0.2, -0.15) is 10.5 Å². The maximum absolute atomic E-state index is 13.4. The SMILES string of the molecule is C[C@H](NC(=O)CC[C@H](NC(=O)OC(C)(C)C)C(=O)O)C(=O)OC[C@H](COc1ccc(-c2c(C#N)c(N)nc(SCc3coc(-c4ccc(Cl)cc4)n3)c2C#N)cc1)OC(=O)[C@H](C)NC(=O)CC[C@H](NC(=O)OC(C)(C)C)C(=O)O. The lowest BCUT2D eigenvalue weighted by Crippen LogP contribution is -2.46. The summed E-state index contributed by atoms with van der Waals surface area (Å²) >= 11 is 7.15. The zero-order valence-electron chi connectivity index (χ0n) is 44.3. The number of halogens is 1. The predicted molar refractivity (Wildman–Crippen MR) is 282 cm³/mol. The van der Waals surface area contributed by atoms with E-state index in [0.717, 1.165) is 11.8 Å². The van der Waals surface area contributed by atoms with Crippen molar-refractivity contribution >= 4 is 77.1 Å². The number of thioether (sulfide) groups is 1. The van der Waals surface area contributed by atoms with Crippen LogP contribution in [0.3, 0.4) is 0 Å². The number of nitrogens with one attached hydrogen (secondary N) is 4. The molecule has 2 heterocycles. The standard InChI is InChI=1S/C52H60ClN9O16S/c1-27(57-39(63)19-17-37(45(65)66)60-49(71)77-51(3,4)5)47(69)75-25-34(76-48(70)28(2)58-40(64)20-18-38(46(67)68)61-50(72)78-52(6,7)8)24-73-33-15-11-29(12-16-33)41-35(21-54)42(56)62-44(36(41)22-55)79-26-32-23-74-43(59-32)30-9-13-31(53)14-10-30/h9-16,23,27-28,34,37-38H,17-20,24-26H2,1-8H3,(H2,56,62)(H,57,63)(H,58,64)(H,60,71)(H,61,72)(H,65,66)(H,67,68)/t27-,28-,34-,37-,38-/m0/s1. The minimum absolute atomic E-state index is 0.0464. The van der Waals surface area contributed by atoms with Gasteiger partial charge in [0.2, 0.25) is 17.7 Å². The summed E-state index contributed by atoms with van der Waals surface area (Å²) in [5.41, 5.74) is 6.15. The van der Waals surface area contributed by atoms with Gasteiger partial charge in [0.25, 0.3) is 0 Å². The number of carbonyl (C=O) groups is 8. The van der Waals surface area contributed by atoms with Crippen LogP contribution < -0.4 is 31.7 Å². The molecule has 0 aliphatic carbocycles. The van der Waals surface area contributed by atoms with E-state index in [1.165, 1.54) is 44.4 Å². The summed E-state index contributed by atoms with van der Waals surface area (Å²) in [6.07, 6.45) is -3.63. The van der Waals surface area contributed by atoms with Crippen LogP contribution >= 0.6 is 23.4 Å². The second kappa shape index (κ2) is 28.7. The van der Waals surface area contributed by atoms with Crippen molar-refractivity contribution in [3.05, 3.63) is 76.6 Å². The number of hydrogen-bond acceptors (Lipinski definition) is 20. The van der Waals surface area contributed by atoms with Gasteiger partial charge in [-0.25, -0.2) is 38.7 Å². The first-order valence-corrected chi connectivity index (χ1v) is 25.5. The van der Waals surface area contributed by atoms with E-state index in [9.17, 15) is 59.1 Å². The van der Waals surface area contributed by atoms with Crippen LogP contribution in [0.5, 0.6) is 5.75 Å². The highest BCUT2D eigenvalue weighted by Gasteiger charge is 2.30. The normalized spacial score (nSPS) is 13.1. The van der Waals surface area contributed by atoms with E-state index in [-0.39, 0.29) is 51.9 Å². The van der Waals surface area contributed by atoms with Crippen molar-refractivity contribution in [3.8, 4) is 40.5 Å². The van der Waals surface area contributed by atoms with E-state index in [1.54, 1.807) is 65.8 Å². The lowest BCUT2D eigenvalue weighted by atomic mass is 9.97. The fourth-order valence-corrected chi connectivity index (χ4v) is 7.73. The summed E-state index contributed by atoms with van der Waals surface area (Å²) < 4.78 is 32.7. The second-order valence-corrected chi connectivity index (χ2v) is 20.7. The Morgan fingerprint density at radius 3 is 1.72 bits per heavy atom. The predicted octanol–water partition coefficient (Wildman–Crippen LogP) is 6.03. The molecule has 2 aromatic heterocycles. The lowest BCUT2D eigenvalue weighted by Gasteiger charge is -2.23. The van der Waals surface area contributed by atoms with Gasteiger partial charge in [-0.05, 0) is 110 Å². The molecule has 0 aliphatic heterocycles. The van der Waals surface area contributed by atoms with E-state index in [2.05, 4.69) is 37.3 Å². The molecule has 5 atom stereocenters. The largest absolute Gasteiger partial charge is 0.490 e. The number of ether oxygens (including phenoxy) is 5. The number of nitrogens with zero attached hydrogens (tertiary/aromatic N) is 4. The van der Waals surface area contributed by atoms with Crippen LogP contribution in [0.1, 0.15) is 97.9 Å². The molecule has 25 nitrogen and oxygen atoms in total. The Balaban J connectivity index is 1.48. The molecule has 0 saturated heterocycles. The van der Waals surface area contributed by atoms with Gasteiger partial charge in [-0.15, -0.1) is 0 Å². The van der Waals surface area contributed by atoms with Crippen LogP contribution in [0, 0.1) is 22.7 Å². The van der Waals surface area contributed by atoms with Gasteiger partial charge in [-0.3, -0.25) is 9.59 Å². The van der Waals surface area contributed by atoms with E-state index in [4.69, 9.17) is 45.4 Å². The van der Waals surface area contributed by atoms with Crippen LogP contribution in [0.2, 0.25) is 5.02 Å². The van der Waals surface area contributed by atoms with Crippen LogP contribution in [-0.2, 0) is 53.5 Å². The number of alkyl carbamates (subject to hydrolysis) is 2. The van der Waals surface area contributed by atoms with Crippen LogP contribution in [0.15, 0.2) is 64.2 Å². The van der Waals surface area contributed by atoms with E-state index in [1.807, 2.05) is 6.07 Å². The number of aliphatic carboxylic acids is 2. The van der Waals surface area contributed by atoms with Gasteiger partial charge < -0.3 is 65.3 Å². The Hall–Kier alpha value is -8.62. The van der Waals surface area contributed by atoms with E-state index >= 15 is 0 Å². The number of benzene rings is 2. The van der Waals surface area contributed by atoms with Gasteiger partial charge >= 0.3 is 36.1 Å². The third-order valence-electron chi connectivity index (χ3n) is 10.4. The van der Waals surface area contributed by atoms with Crippen molar-refractivity contribution in [2.45, 2.75) is 133 Å². The molecule has 0 aliphatic rings. The minimum atomic E-state index is -1.52. The summed E-state index contributed by atoms with van der Waals surface area (Å²) in [6, 6.07) is 11.3. The molecule has 4 rings (SSSR count). The molecule has 27 heteroatoms. The number of carboxylic acid groups (broad SMARTS) is 2. The van der Waals surface area contributed by atoms with Crippen molar-refractivity contribution in [2.75, 3.05) is 18.9 Å². The summed E-state index contributed by atoms with van der Waals surface area (Å²) in [5, 5.41) is 49.6. The first kappa shape index (κ1) is 62.9. The molecule has 422 valence electrons. The zero-order chi connectivity index (χ0) is 58.8. The average molecular weight is 1130 g/mol. The second-order valence-electron chi connectivity index (χ2n) is 19.3. The van der Waals surface area contributed by atoms with E-state index in [0.29, 0.717) is 27.7 Å². The van der Waals surface area contributed by atoms with Gasteiger partial charge in [0.15, 0.2) is 6.10 Å². The van der Waals surface area contributed by atoms with Gasteiger partial charge in [0.05, 0.1) is 11.3 Å². The fourth-order valence-electron chi connectivity index (χ4n) is 6.73. The summed E-state index contributed by atoms with van der Waals surface area (Å²) in [7, 11) is 0. The number of aromatic nitrogens is 2. The first-order chi connectivity index (χ1) is 37.1. The van der Waals surface area contributed by atoms with Crippen molar-refractivity contribution in [3.63, 3.8) is 0 Å². The molecule has 0 fully saturated rings. The van der Waals surface area contributed by atoms with E-state index < -0.39 is 115 Å². The number of hydrogen-bond donors (Lipinski definition) is 7. The molecule has 2 aromatic carbocycles. The van der Waals surface area contributed by atoms with Crippen molar-refractivity contribution in [1.82, 2.24) is 31.2 Å². The van der Waals surface area contributed by atoms with Crippen LogP contribution in [-0.4, -0.2) is 123 Å². The average Bonchev–Trinajstić information content (AvgIpc) is 3.86. The quantitative estimate of drug-likeness (QED) is 0.0226. The topological polar surface area (TPSA) is 384 Å². The summed E-state index contributed by atoms with van der Waals surface area (Å²) in [4.78, 5) is 109. The molecule has 0 unspecified atom stereocenters. The number of nitriles is 2. The molecule has 0 spiro atoms. The zero-order valence-corrected chi connectivity index (χ0v) is 45.9. The number of amides is 4. The molecule has 0 bridgehead atoms. The number of nitrogens with two attached hydrogens (primary N) is 1. The lowest BCUT2D eigenvalue weighted by molar-refractivity contribution is -0.163. The Morgan fingerprint density at radius 1 is 0.722 bits per heavy atom. The van der Waals surface area contributed by atoms with Gasteiger partial charge in [0, 0.05) is 34.7 Å². The Kier molecular flexibility index (Phi) is 22.8. The molecular weight excluding hydrogens is 1070 g/mol.